The van der Waals surface area contributed by atoms with E-state index in [0.717, 1.165) is 30.0 Å². The van der Waals surface area contributed by atoms with Crippen LogP contribution in [0.25, 0.3) is 0 Å². The van der Waals surface area contributed by atoms with Gasteiger partial charge in [-0.3, -0.25) is 9.91 Å². The predicted octanol–water partition coefficient (Wildman–Crippen LogP) is 3.02. The van der Waals surface area contributed by atoms with Crippen molar-refractivity contribution < 1.29 is 23.1 Å². The summed E-state index contributed by atoms with van der Waals surface area (Å²) >= 11 is 5.49. The Bertz CT molecular complexity index is 872. The van der Waals surface area contributed by atoms with Gasteiger partial charge in [0.15, 0.2) is 11.6 Å². The second kappa shape index (κ2) is 9.04. The maximum atomic E-state index is 15.0. The van der Waals surface area contributed by atoms with Crippen LogP contribution in [0.3, 0.4) is 0 Å². The number of hydrogen-bond acceptors (Lipinski definition) is 6. The van der Waals surface area contributed by atoms with Crippen molar-refractivity contribution in [1.82, 2.24) is 10.4 Å². The normalized spacial score (nSPS) is 21.8. The first-order chi connectivity index (χ1) is 14.8. The minimum Gasteiger partial charge on any atom is -0.444 e. The van der Waals surface area contributed by atoms with Gasteiger partial charge in [-0.25, -0.2) is 19.0 Å². The number of nitrogens with zero attached hydrogens (tertiary/aromatic N) is 3. The van der Waals surface area contributed by atoms with Gasteiger partial charge in [0, 0.05) is 44.1 Å². The Hall–Kier alpha value is -2.33. The summed E-state index contributed by atoms with van der Waals surface area (Å²) in [6.45, 7) is 3.53. The molecule has 31 heavy (non-hydrogen) atoms. The van der Waals surface area contributed by atoms with E-state index >= 15 is 0 Å². The van der Waals surface area contributed by atoms with E-state index in [9.17, 15) is 18.4 Å². The standard InChI is InChI=1S/C21H26F2N4O3S/c1-13(28)2-5-16-12-26(21(29)30-16)15-10-17(22)19(18(23)11-15)25-7-6-24-27(9-8-25)20(31)14-3-4-14/h10-11,14,16,24H,2-9,12H2,1H3/t16-/m0/s1. The molecule has 1 aromatic carbocycles. The Morgan fingerprint density at radius 3 is 2.58 bits per heavy atom. The number of hydrogen-bond donors (Lipinski definition) is 1. The van der Waals surface area contributed by atoms with Gasteiger partial charge in [-0.05, 0) is 26.2 Å². The second-order valence-corrected chi connectivity index (χ2v) is 8.69. The molecule has 7 nitrogen and oxygen atoms in total. The smallest absolute Gasteiger partial charge is 0.414 e. The van der Waals surface area contributed by atoms with Crippen LogP contribution in [0.5, 0.6) is 0 Å². The molecule has 2 aliphatic heterocycles. The van der Waals surface area contributed by atoms with Gasteiger partial charge in [-0.15, -0.1) is 0 Å². The van der Waals surface area contributed by atoms with Gasteiger partial charge in [-0.1, -0.05) is 12.2 Å². The van der Waals surface area contributed by atoms with Crippen molar-refractivity contribution in [1.29, 1.82) is 0 Å². The number of benzene rings is 1. The maximum Gasteiger partial charge on any atom is 0.414 e. The fourth-order valence-electron chi connectivity index (χ4n) is 3.95. The van der Waals surface area contributed by atoms with Crippen LogP contribution in [0.1, 0.15) is 32.6 Å². The van der Waals surface area contributed by atoms with E-state index in [-0.39, 0.29) is 30.1 Å². The Labute approximate surface area is 185 Å². The van der Waals surface area contributed by atoms with Gasteiger partial charge < -0.3 is 14.4 Å². The second-order valence-electron chi connectivity index (χ2n) is 8.27. The average Bonchev–Trinajstić information content (AvgIpc) is 3.52. The van der Waals surface area contributed by atoms with Crippen molar-refractivity contribution in [3.63, 3.8) is 0 Å². The minimum absolute atomic E-state index is 0.000611. The lowest BCUT2D eigenvalue weighted by atomic mass is 10.1. The van der Waals surface area contributed by atoms with E-state index < -0.39 is 23.8 Å². The van der Waals surface area contributed by atoms with Crippen molar-refractivity contribution in [2.45, 2.75) is 38.7 Å². The number of ether oxygens (including phenoxy) is 1. The lowest BCUT2D eigenvalue weighted by Crippen LogP contribution is -2.43. The van der Waals surface area contributed by atoms with Gasteiger partial charge in [0.05, 0.1) is 23.8 Å². The summed E-state index contributed by atoms with van der Waals surface area (Å²) in [5, 5.41) is 1.92. The lowest BCUT2D eigenvalue weighted by Gasteiger charge is -2.25. The Kier molecular flexibility index (Phi) is 6.38. The molecule has 0 spiro atoms. The summed E-state index contributed by atoms with van der Waals surface area (Å²) in [6, 6.07) is 2.33. The third-order valence-corrected chi connectivity index (χ3v) is 6.35. The number of anilines is 2. The first kappa shape index (κ1) is 21.9. The number of nitrogens with one attached hydrogen (secondary N) is 1. The third-order valence-electron chi connectivity index (χ3n) is 5.79. The van der Waals surface area contributed by atoms with Crippen molar-refractivity contribution in [2.24, 2.45) is 5.92 Å². The van der Waals surface area contributed by atoms with E-state index in [1.165, 1.54) is 11.8 Å². The van der Waals surface area contributed by atoms with Crippen LogP contribution in [0.15, 0.2) is 12.1 Å². The number of halogens is 2. The quantitative estimate of drug-likeness (QED) is 0.666. The number of cyclic esters (lactones) is 1. The number of carbonyl (C=O) groups is 2. The van der Waals surface area contributed by atoms with Gasteiger partial charge >= 0.3 is 6.09 Å². The highest BCUT2D eigenvalue weighted by atomic mass is 32.1. The van der Waals surface area contributed by atoms with Crippen LogP contribution in [0, 0.1) is 17.6 Å². The number of amides is 1. The molecule has 4 rings (SSSR count). The first-order valence-corrected chi connectivity index (χ1v) is 11.0. The third kappa shape index (κ3) is 4.95. The zero-order chi connectivity index (χ0) is 22.1. The van der Waals surface area contributed by atoms with Crippen molar-refractivity contribution >= 4 is 40.5 Å². The lowest BCUT2D eigenvalue weighted by molar-refractivity contribution is -0.117. The topological polar surface area (TPSA) is 65.1 Å². The average molecular weight is 453 g/mol. The predicted molar refractivity (Wildman–Crippen MR) is 116 cm³/mol. The van der Waals surface area contributed by atoms with Gasteiger partial charge in [0.1, 0.15) is 17.6 Å². The number of Topliss-reactive ketones (excluding diaryl/α,β-unsaturated/α-hetero) is 1. The molecule has 0 unspecified atom stereocenters. The highest BCUT2D eigenvalue weighted by molar-refractivity contribution is 7.80. The Morgan fingerprint density at radius 2 is 1.94 bits per heavy atom. The van der Waals surface area contributed by atoms with Crippen LogP contribution in [0.4, 0.5) is 25.0 Å². The van der Waals surface area contributed by atoms with E-state index in [1.807, 2.05) is 5.01 Å². The highest BCUT2D eigenvalue weighted by Gasteiger charge is 2.34. The number of thiocarbonyl (C=S) groups is 1. The van der Waals surface area contributed by atoms with E-state index in [0.29, 0.717) is 38.5 Å². The molecule has 0 bridgehead atoms. The molecular weight excluding hydrogens is 426 g/mol. The molecule has 168 valence electrons. The molecule has 0 radical (unpaired) electrons. The minimum atomic E-state index is -0.729. The van der Waals surface area contributed by atoms with Gasteiger partial charge in [-0.2, -0.15) is 0 Å². The monoisotopic (exact) mass is 452 g/mol. The molecule has 10 heteroatoms. The van der Waals surface area contributed by atoms with Crippen LogP contribution >= 0.6 is 12.2 Å². The van der Waals surface area contributed by atoms with Crippen LogP contribution < -0.4 is 15.2 Å². The van der Waals surface area contributed by atoms with Crippen LogP contribution in [-0.4, -0.2) is 60.7 Å². The molecule has 1 amide bonds. The van der Waals surface area contributed by atoms with Crippen molar-refractivity contribution in [3.05, 3.63) is 23.8 Å². The summed E-state index contributed by atoms with van der Waals surface area (Å²) < 4.78 is 35.2. The molecule has 3 aliphatic rings. The Morgan fingerprint density at radius 1 is 1.23 bits per heavy atom. The summed E-state index contributed by atoms with van der Waals surface area (Å²) in [5.41, 5.74) is 3.24. The molecule has 1 aliphatic carbocycles. The van der Waals surface area contributed by atoms with E-state index in [2.05, 4.69) is 5.43 Å². The fraction of sp³-hybridized carbons (Fsp3) is 0.571. The number of ketones is 1. The Balaban J connectivity index is 1.45. The maximum absolute atomic E-state index is 15.0. The largest absolute Gasteiger partial charge is 0.444 e. The molecule has 2 saturated heterocycles. The molecule has 0 aromatic heterocycles. The summed E-state index contributed by atoms with van der Waals surface area (Å²) in [4.78, 5) is 27.1. The summed E-state index contributed by atoms with van der Waals surface area (Å²) in [5.74, 6) is -1.03. The SMILES string of the molecule is CC(=O)CC[C@H]1CN(c2cc(F)c(N3CCNN(C(=S)C4CC4)CC3)c(F)c2)C(=O)O1. The molecule has 2 heterocycles. The first-order valence-electron chi connectivity index (χ1n) is 10.6. The summed E-state index contributed by atoms with van der Waals surface area (Å²) in [7, 11) is 0. The molecule has 1 saturated carbocycles. The zero-order valence-corrected chi connectivity index (χ0v) is 18.2. The highest BCUT2D eigenvalue weighted by Crippen LogP contribution is 2.33. The molecular formula is C21H26F2N4O3S. The zero-order valence-electron chi connectivity index (χ0n) is 17.4. The molecule has 1 N–H and O–H groups in total. The van der Waals surface area contributed by atoms with Gasteiger partial charge in [0.2, 0.25) is 0 Å². The number of carbonyl (C=O) groups excluding carboxylic acids is 2. The van der Waals surface area contributed by atoms with Crippen molar-refractivity contribution in [3.8, 4) is 0 Å². The van der Waals surface area contributed by atoms with Crippen LogP contribution in [0.2, 0.25) is 0 Å². The molecule has 3 fully saturated rings. The van der Waals surface area contributed by atoms with E-state index in [4.69, 9.17) is 17.0 Å². The van der Waals surface area contributed by atoms with E-state index in [1.54, 1.807) is 4.90 Å². The molecule has 1 atom stereocenters. The number of hydrazine groups is 1. The van der Waals surface area contributed by atoms with Gasteiger partial charge in [0.25, 0.3) is 0 Å². The molecule has 1 aromatic rings. The van der Waals surface area contributed by atoms with Crippen LogP contribution in [-0.2, 0) is 9.53 Å². The van der Waals surface area contributed by atoms with Crippen molar-refractivity contribution in [2.75, 3.05) is 42.5 Å². The number of rotatable bonds is 6. The summed E-state index contributed by atoms with van der Waals surface area (Å²) in [6.07, 6.45) is 1.74. The fourth-order valence-corrected chi connectivity index (χ4v) is 4.34.